The number of carbonyl (C=O) groups excluding carboxylic acids is 1. The molecule has 0 aliphatic heterocycles. The van der Waals surface area contributed by atoms with Crippen LogP contribution in [-0.2, 0) is 12.6 Å². The fraction of sp³-hybridized carbons (Fsp3) is 0.0870. The van der Waals surface area contributed by atoms with Crippen LogP contribution in [0.5, 0.6) is 0 Å². The molecular weight excluding hydrogens is 424 g/mol. The van der Waals surface area contributed by atoms with Crippen LogP contribution in [0.1, 0.15) is 27.0 Å². The molecule has 1 amide bonds. The van der Waals surface area contributed by atoms with E-state index in [9.17, 15) is 22.4 Å². The molecule has 0 atom stereocenters. The van der Waals surface area contributed by atoms with Crippen LogP contribution in [0.25, 0.3) is 10.9 Å². The number of benzene rings is 2. The number of H-pyrrole nitrogens is 1. The van der Waals surface area contributed by atoms with Crippen LogP contribution >= 0.6 is 0 Å². The van der Waals surface area contributed by atoms with Crippen molar-refractivity contribution in [2.24, 2.45) is 0 Å². The molecule has 0 radical (unpaired) electrons. The zero-order valence-corrected chi connectivity index (χ0v) is 16.3. The molecule has 2 aromatic carbocycles. The Bertz CT molecular complexity index is 1370. The quantitative estimate of drug-likeness (QED) is 0.351. The summed E-state index contributed by atoms with van der Waals surface area (Å²) in [4.78, 5) is 16.5. The maximum absolute atomic E-state index is 14.2. The highest BCUT2D eigenvalue weighted by atomic mass is 19.4. The summed E-state index contributed by atoms with van der Waals surface area (Å²) >= 11 is 0. The lowest BCUT2D eigenvalue weighted by Crippen LogP contribution is -2.14. The number of pyridine rings is 1. The fourth-order valence-corrected chi connectivity index (χ4v) is 3.04. The Hall–Kier alpha value is -4.19. The highest BCUT2D eigenvalue weighted by Gasteiger charge is 2.30. The summed E-state index contributed by atoms with van der Waals surface area (Å²) in [6.07, 6.45) is 0.665. The highest BCUT2D eigenvalue weighted by molar-refractivity contribution is 6.04. The van der Waals surface area contributed by atoms with Gasteiger partial charge in [-0.05, 0) is 42.0 Å². The zero-order chi connectivity index (χ0) is 22.7. The number of halogens is 4. The first-order valence-corrected chi connectivity index (χ1v) is 9.34. The van der Waals surface area contributed by atoms with Gasteiger partial charge in [0.1, 0.15) is 5.82 Å². The van der Waals surface area contributed by atoms with Crippen LogP contribution in [0.4, 0.5) is 23.2 Å². The molecule has 2 N–H and O–H groups in total. The Morgan fingerprint density at radius 1 is 1.09 bits per heavy atom. The number of aromatic nitrogens is 3. The average molecular weight is 438 g/mol. The molecule has 4 aromatic rings. The van der Waals surface area contributed by atoms with Gasteiger partial charge in [0.25, 0.3) is 5.91 Å². The number of alkyl halides is 3. The van der Waals surface area contributed by atoms with E-state index in [2.05, 4.69) is 32.3 Å². The number of fused-ring (bicyclic) bond motifs is 1. The van der Waals surface area contributed by atoms with Gasteiger partial charge >= 0.3 is 6.18 Å². The standard InChI is InChI=1S/C23H14F4N4O/c24-20-8-7-18(30-22(32)15-4-2-6-17(9-15)23(25,26)27)10-14(20)3-1-5-16-11-28-13-21-19(16)12-29-31-21/h2,4,6-13H,5H2,(H,29,31)(H,30,32). The molecule has 4 rings (SSSR count). The van der Waals surface area contributed by atoms with Crippen molar-refractivity contribution in [2.45, 2.75) is 12.6 Å². The number of hydrogen-bond donors (Lipinski definition) is 2. The van der Waals surface area contributed by atoms with Gasteiger partial charge in [0.15, 0.2) is 0 Å². The summed E-state index contributed by atoms with van der Waals surface area (Å²) in [5.41, 5.74) is 0.722. The summed E-state index contributed by atoms with van der Waals surface area (Å²) in [5, 5.41) is 10.1. The van der Waals surface area contributed by atoms with Gasteiger partial charge in [-0.2, -0.15) is 18.3 Å². The minimum absolute atomic E-state index is 0.0409. The van der Waals surface area contributed by atoms with E-state index in [1.807, 2.05) is 0 Å². The van der Waals surface area contributed by atoms with Crippen molar-refractivity contribution < 1.29 is 22.4 Å². The van der Waals surface area contributed by atoms with Gasteiger partial charge in [0.2, 0.25) is 0 Å². The minimum Gasteiger partial charge on any atom is -0.322 e. The third-order valence-electron chi connectivity index (χ3n) is 4.63. The Morgan fingerprint density at radius 3 is 2.75 bits per heavy atom. The van der Waals surface area contributed by atoms with Crippen molar-refractivity contribution >= 4 is 22.5 Å². The first kappa shape index (κ1) is 21.1. The second kappa shape index (κ2) is 8.51. The summed E-state index contributed by atoms with van der Waals surface area (Å²) in [7, 11) is 0. The third-order valence-corrected chi connectivity index (χ3v) is 4.63. The van der Waals surface area contributed by atoms with Crippen molar-refractivity contribution in [1.82, 2.24) is 15.2 Å². The lowest BCUT2D eigenvalue weighted by molar-refractivity contribution is -0.137. The van der Waals surface area contributed by atoms with Crippen LogP contribution in [-0.4, -0.2) is 21.1 Å². The van der Waals surface area contributed by atoms with E-state index in [0.29, 0.717) is 6.42 Å². The van der Waals surface area contributed by atoms with Crippen LogP contribution < -0.4 is 5.32 Å². The number of nitrogens with zero attached hydrogens (tertiary/aromatic N) is 2. The molecular formula is C23H14F4N4O. The number of hydrogen-bond acceptors (Lipinski definition) is 3. The second-order valence-corrected chi connectivity index (χ2v) is 6.84. The van der Waals surface area contributed by atoms with Gasteiger partial charge in [-0.15, -0.1) is 0 Å². The van der Waals surface area contributed by atoms with Crippen LogP contribution in [0, 0.1) is 17.7 Å². The SMILES string of the molecule is O=C(Nc1ccc(F)c(C#CCc2cncc3[nH]ncc23)c1)c1cccc(C(F)(F)F)c1. The normalized spacial score (nSPS) is 11.1. The van der Waals surface area contributed by atoms with Crippen molar-refractivity contribution in [3.8, 4) is 11.8 Å². The molecule has 0 bridgehead atoms. The summed E-state index contributed by atoms with van der Waals surface area (Å²) in [5.74, 6) is 4.25. The van der Waals surface area contributed by atoms with Gasteiger partial charge in [-0.25, -0.2) is 4.39 Å². The van der Waals surface area contributed by atoms with E-state index in [1.165, 1.54) is 18.2 Å². The smallest absolute Gasteiger partial charge is 0.322 e. The third kappa shape index (κ3) is 4.59. The van der Waals surface area contributed by atoms with Crippen molar-refractivity contribution in [2.75, 3.05) is 5.32 Å². The van der Waals surface area contributed by atoms with Gasteiger partial charge in [0.05, 0.1) is 29.0 Å². The zero-order valence-electron chi connectivity index (χ0n) is 16.3. The van der Waals surface area contributed by atoms with Crippen LogP contribution in [0.2, 0.25) is 0 Å². The van der Waals surface area contributed by atoms with Crippen LogP contribution in [0.3, 0.4) is 0 Å². The Kier molecular flexibility index (Phi) is 5.60. The van der Waals surface area contributed by atoms with Crippen LogP contribution in [0.15, 0.2) is 61.1 Å². The molecule has 5 nitrogen and oxygen atoms in total. The van der Waals surface area contributed by atoms with E-state index in [4.69, 9.17) is 0 Å². The summed E-state index contributed by atoms with van der Waals surface area (Å²) in [6, 6.07) is 7.80. The predicted molar refractivity (Wildman–Crippen MR) is 110 cm³/mol. The first-order valence-electron chi connectivity index (χ1n) is 9.34. The molecule has 160 valence electrons. The van der Waals surface area contributed by atoms with Crippen molar-refractivity contribution in [3.63, 3.8) is 0 Å². The van der Waals surface area contributed by atoms with Crippen molar-refractivity contribution in [1.29, 1.82) is 0 Å². The number of carbonyl (C=O) groups is 1. The number of rotatable bonds is 3. The van der Waals surface area contributed by atoms with Gasteiger partial charge in [-0.1, -0.05) is 17.9 Å². The largest absolute Gasteiger partial charge is 0.416 e. The molecule has 0 spiro atoms. The van der Waals surface area contributed by atoms with Gasteiger partial charge in [0, 0.05) is 29.3 Å². The molecule has 0 fully saturated rings. The van der Waals surface area contributed by atoms with E-state index < -0.39 is 23.5 Å². The minimum atomic E-state index is -4.56. The van der Waals surface area contributed by atoms with E-state index in [0.717, 1.165) is 40.7 Å². The van der Waals surface area contributed by atoms with E-state index in [-0.39, 0.29) is 16.8 Å². The number of amides is 1. The summed E-state index contributed by atoms with van der Waals surface area (Å²) in [6.45, 7) is 0. The van der Waals surface area contributed by atoms with Crippen molar-refractivity contribution in [3.05, 3.63) is 89.1 Å². The van der Waals surface area contributed by atoms with Gasteiger partial charge < -0.3 is 5.32 Å². The maximum Gasteiger partial charge on any atom is 0.416 e. The lowest BCUT2D eigenvalue weighted by Gasteiger charge is -2.09. The van der Waals surface area contributed by atoms with E-state index >= 15 is 0 Å². The predicted octanol–water partition coefficient (Wildman–Crippen LogP) is 4.96. The molecule has 0 aliphatic rings. The van der Waals surface area contributed by atoms with E-state index in [1.54, 1.807) is 18.6 Å². The summed E-state index contributed by atoms with van der Waals surface area (Å²) < 4.78 is 52.8. The van der Waals surface area contributed by atoms with Gasteiger partial charge in [-0.3, -0.25) is 14.9 Å². The Labute approximate surface area is 179 Å². The Balaban J connectivity index is 1.52. The molecule has 0 saturated heterocycles. The monoisotopic (exact) mass is 438 g/mol. The first-order chi connectivity index (χ1) is 15.3. The maximum atomic E-state index is 14.2. The second-order valence-electron chi connectivity index (χ2n) is 6.84. The lowest BCUT2D eigenvalue weighted by atomic mass is 10.1. The molecule has 9 heteroatoms. The topological polar surface area (TPSA) is 70.7 Å². The molecule has 0 aliphatic carbocycles. The molecule has 0 unspecified atom stereocenters. The average Bonchev–Trinajstić information content (AvgIpc) is 3.25. The number of anilines is 1. The molecule has 0 saturated carbocycles. The molecule has 32 heavy (non-hydrogen) atoms. The number of aromatic amines is 1. The molecule has 2 heterocycles. The molecule has 2 aromatic heterocycles. The highest BCUT2D eigenvalue weighted by Crippen LogP contribution is 2.29. The Morgan fingerprint density at radius 2 is 1.94 bits per heavy atom. The fourth-order valence-electron chi connectivity index (χ4n) is 3.04. The number of nitrogens with one attached hydrogen (secondary N) is 2.